The molecule has 2 aromatic carbocycles. The van der Waals surface area contributed by atoms with Crippen molar-refractivity contribution in [2.75, 3.05) is 31.6 Å². The molecule has 0 bridgehead atoms. The van der Waals surface area contributed by atoms with Crippen LogP contribution in [0.15, 0.2) is 54.6 Å². The van der Waals surface area contributed by atoms with Crippen molar-refractivity contribution in [1.29, 1.82) is 0 Å². The van der Waals surface area contributed by atoms with Gasteiger partial charge < -0.3 is 25.8 Å². The molecular formula is C21H27N3O3. The SMILES string of the molecule is NC(=O)Nc1ccc(OCCCN2CCC(O)(c3ccccc3)CC2)cc1. The minimum atomic E-state index is -0.699. The summed E-state index contributed by atoms with van der Waals surface area (Å²) in [6.07, 6.45) is 2.43. The standard InChI is InChI=1S/C21H27N3O3/c22-20(25)23-18-7-9-19(10-8-18)27-16-4-13-24-14-11-21(26,12-15-24)17-5-2-1-3-6-17/h1-3,5-10,26H,4,11-16H2,(H3,22,23,25). The van der Waals surface area contributed by atoms with E-state index in [0.717, 1.165) is 50.2 Å². The molecule has 6 nitrogen and oxygen atoms in total. The summed E-state index contributed by atoms with van der Waals surface area (Å²) in [6.45, 7) is 3.35. The Kier molecular flexibility index (Phi) is 6.32. The van der Waals surface area contributed by atoms with Crippen LogP contribution >= 0.6 is 0 Å². The zero-order valence-electron chi connectivity index (χ0n) is 15.4. The Morgan fingerprint density at radius 3 is 2.41 bits per heavy atom. The molecule has 0 atom stereocenters. The van der Waals surface area contributed by atoms with Crippen LogP contribution in [0, 0.1) is 0 Å². The van der Waals surface area contributed by atoms with Crippen molar-refractivity contribution < 1.29 is 14.6 Å². The number of amides is 2. The third-order valence-electron chi connectivity index (χ3n) is 5.00. The fourth-order valence-electron chi connectivity index (χ4n) is 3.44. The Hall–Kier alpha value is -2.57. The van der Waals surface area contributed by atoms with Gasteiger partial charge >= 0.3 is 6.03 Å². The molecular weight excluding hydrogens is 342 g/mol. The number of anilines is 1. The van der Waals surface area contributed by atoms with Gasteiger partial charge in [0.1, 0.15) is 5.75 Å². The lowest BCUT2D eigenvalue weighted by Gasteiger charge is -2.38. The molecule has 144 valence electrons. The molecule has 0 aliphatic carbocycles. The number of primary amides is 1. The minimum Gasteiger partial charge on any atom is -0.494 e. The zero-order valence-corrected chi connectivity index (χ0v) is 15.4. The third kappa shape index (κ3) is 5.45. The van der Waals surface area contributed by atoms with Crippen molar-refractivity contribution >= 4 is 11.7 Å². The first kappa shape index (κ1) is 19.2. The van der Waals surface area contributed by atoms with E-state index in [4.69, 9.17) is 10.5 Å². The monoisotopic (exact) mass is 369 g/mol. The van der Waals surface area contributed by atoms with E-state index in [2.05, 4.69) is 10.2 Å². The second-order valence-corrected chi connectivity index (χ2v) is 6.95. The molecule has 4 N–H and O–H groups in total. The van der Waals surface area contributed by atoms with Crippen molar-refractivity contribution in [2.45, 2.75) is 24.9 Å². The summed E-state index contributed by atoms with van der Waals surface area (Å²) in [7, 11) is 0. The molecule has 0 aromatic heterocycles. The zero-order chi connectivity index (χ0) is 19.1. The second-order valence-electron chi connectivity index (χ2n) is 6.95. The molecule has 0 radical (unpaired) electrons. The lowest BCUT2D eigenvalue weighted by atomic mass is 9.84. The van der Waals surface area contributed by atoms with Crippen LogP contribution in [0.4, 0.5) is 10.5 Å². The number of aliphatic hydroxyl groups is 1. The molecule has 6 heteroatoms. The molecule has 2 amide bonds. The van der Waals surface area contributed by atoms with Crippen LogP contribution in [0.1, 0.15) is 24.8 Å². The summed E-state index contributed by atoms with van der Waals surface area (Å²) in [5, 5.41) is 13.4. The highest BCUT2D eigenvalue weighted by Gasteiger charge is 2.33. The summed E-state index contributed by atoms with van der Waals surface area (Å²) in [5.41, 5.74) is 6.04. The van der Waals surface area contributed by atoms with E-state index in [1.54, 1.807) is 12.1 Å². The number of carbonyl (C=O) groups is 1. The van der Waals surface area contributed by atoms with Crippen LogP contribution in [0.3, 0.4) is 0 Å². The van der Waals surface area contributed by atoms with E-state index in [0.29, 0.717) is 12.3 Å². The van der Waals surface area contributed by atoms with Crippen LogP contribution in [-0.2, 0) is 5.60 Å². The number of hydrogen-bond acceptors (Lipinski definition) is 4. The third-order valence-corrected chi connectivity index (χ3v) is 5.00. The average Bonchev–Trinajstić information content (AvgIpc) is 2.68. The van der Waals surface area contributed by atoms with E-state index in [1.165, 1.54) is 0 Å². The van der Waals surface area contributed by atoms with Gasteiger partial charge in [-0.3, -0.25) is 0 Å². The number of benzene rings is 2. The normalized spacial score (nSPS) is 16.6. The van der Waals surface area contributed by atoms with E-state index in [-0.39, 0.29) is 0 Å². The number of ether oxygens (including phenoxy) is 1. The molecule has 1 fully saturated rings. The minimum absolute atomic E-state index is 0.579. The molecule has 1 aliphatic rings. The molecule has 1 heterocycles. The van der Waals surface area contributed by atoms with Crippen LogP contribution in [0.2, 0.25) is 0 Å². The Morgan fingerprint density at radius 2 is 1.78 bits per heavy atom. The predicted molar refractivity (Wildman–Crippen MR) is 106 cm³/mol. The van der Waals surface area contributed by atoms with Crippen molar-refractivity contribution in [3.05, 3.63) is 60.2 Å². The molecule has 1 saturated heterocycles. The molecule has 0 spiro atoms. The highest BCUT2D eigenvalue weighted by molar-refractivity contribution is 5.87. The molecule has 1 aliphatic heterocycles. The smallest absolute Gasteiger partial charge is 0.316 e. The fraction of sp³-hybridized carbons (Fsp3) is 0.381. The van der Waals surface area contributed by atoms with Crippen molar-refractivity contribution in [3.8, 4) is 5.75 Å². The van der Waals surface area contributed by atoms with Gasteiger partial charge in [-0.15, -0.1) is 0 Å². The maximum atomic E-state index is 10.9. The van der Waals surface area contributed by atoms with Gasteiger partial charge in [-0.1, -0.05) is 30.3 Å². The lowest BCUT2D eigenvalue weighted by Crippen LogP contribution is -2.43. The number of carbonyl (C=O) groups excluding carboxylic acids is 1. The van der Waals surface area contributed by atoms with E-state index >= 15 is 0 Å². The van der Waals surface area contributed by atoms with E-state index < -0.39 is 11.6 Å². The van der Waals surface area contributed by atoms with E-state index in [9.17, 15) is 9.90 Å². The maximum Gasteiger partial charge on any atom is 0.316 e. The summed E-state index contributed by atoms with van der Waals surface area (Å²) in [5.74, 6) is 0.766. The van der Waals surface area contributed by atoms with Crippen LogP contribution in [0.25, 0.3) is 0 Å². The van der Waals surface area contributed by atoms with E-state index in [1.807, 2.05) is 42.5 Å². The first-order valence-electron chi connectivity index (χ1n) is 9.35. The van der Waals surface area contributed by atoms with Crippen LogP contribution in [0.5, 0.6) is 5.75 Å². The number of likely N-dealkylation sites (tertiary alicyclic amines) is 1. The fourth-order valence-corrected chi connectivity index (χ4v) is 3.44. The Bertz CT molecular complexity index is 726. The van der Waals surface area contributed by atoms with Gasteiger partial charge in [0.15, 0.2) is 0 Å². The number of urea groups is 1. The Morgan fingerprint density at radius 1 is 1.11 bits per heavy atom. The summed E-state index contributed by atoms with van der Waals surface area (Å²) in [6, 6.07) is 16.5. The van der Waals surface area contributed by atoms with Crippen molar-refractivity contribution in [3.63, 3.8) is 0 Å². The molecule has 0 saturated carbocycles. The first-order valence-corrected chi connectivity index (χ1v) is 9.35. The van der Waals surface area contributed by atoms with Gasteiger partial charge in [0.2, 0.25) is 0 Å². The van der Waals surface area contributed by atoms with Crippen LogP contribution < -0.4 is 15.8 Å². The largest absolute Gasteiger partial charge is 0.494 e. The Balaban J connectivity index is 1.36. The summed E-state index contributed by atoms with van der Waals surface area (Å²) < 4.78 is 5.75. The van der Waals surface area contributed by atoms with Gasteiger partial charge in [0.25, 0.3) is 0 Å². The number of hydrogen-bond donors (Lipinski definition) is 3. The first-order chi connectivity index (χ1) is 13.0. The van der Waals surface area contributed by atoms with Gasteiger partial charge in [-0.05, 0) is 49.1 Å². The number of rotatable bonds is 7. The van der Waals surface area contributed by atoms with Gasteiger partial charge in [-0.2, -0.15) is 0 Å². The molecule has 3 rings (SSSR count). The summed E-state index contributed by atoms with van der Waals surface area (Å²) in [4.78, 5) is 13.2. The van der Waals surface area contributed by atoms with Crippen LogP contribution in [-0.4, -0.2) is 42.3 Å². The number of nitrogens with zero attached hydrogens (tertiary/aromatic N) is 1. The number of piperidine rings is 1. The topological polar surface area (TPSA) is 87.8 Å². The number of nitrogens with one attached hydrogen (secondary N) is 1. The van der Waals surface area contributed by atoms with Gasteiger partial charge in [-0.25, -0.2) is 4.79 Å². The van der Waals surface area contributed by atoms with Crippen molar-refractivity contribution in [1.82, 2.24) is 4.90 Å². The molecule has 27 heavy (non-hydrogen) atoms. The maximum absolute atomic E-state index is 10.9. The quantitative estimate of drug-likeness (QED) is 0.655. The highest BCUT2D eigenvalue weighted by atomic mass is 16.5. The summed E-state index contributed by atoms with van der Waals surface area (Å²) >= 11 is 0. The lowest BCUT2D eigenvalue weighted by molar-refractivity contribution is -0.0264. The van der Waals surface area contributed by atoms with Gasteiger partial charge in [0, 0.05) is 25.3 Å². The van der Waals surface area contributed by atoms with Crippen molar-refractivity contribution in [2.24, 2.45) is 5.73 Å². The highest BCUT2D eigenvalue weighted by Crippen LogP contribution is 2.32. The second kappa shape index (κ2) is 8.88. The average molecular weight is 369 g/mol. The Labute approximate surface area is 159 Å². The van der Waals surface area contributed by atoms with Gasteiger partial charge in [0.05, 0.1) is 12.2 Å². The number of nitrogens with two attached hydrogens (primary N) is 1. The predicted octanol–water partition coefficient (Wildman–Crippen LogP) is 2.93. The molecule has 0 unspecified atom stereocenters. The molecule has 2 aromatic rings.